The van der Waals surface area contributed by atoms with Gasteiger partial charge in [0.2, 0.25) is 6.43 Å². The average Bonchev–Trinajstić information content (AvgIpc) is 2.61. The van der Waals surface area contributed by atoms with Crippen molar-refractivity contribution in [2.24, 2.45) is 0 Å². The fourth-order valence-corrected chi connectivity index (χ4v) is 3.51. The van der Waals surface area contributed by atoms with E-state index in [0.717, 1.165) is 48.3 Å². The summed E-state index contributed by atoms with van der Waals surface area (Å²) in [6.45, 7) is 5.64. The van der Waals surface area contributed by atoms with Crippen LogP contribution in [-0.2, 0) is 0 Å². The molecule has 2 aromatic carbocycles. The summed E-state index contributed by atoms with van der Waals surface area (Å²) >= 11 is 0. The highest BCUT2D eigenvalue weighted by Gasteiger charge is 2.29. The molecule has 130 valence electrons. The van der Waals surface area contributed by atoms with Gasteiger partial charge in [-0.1, -0.05) is 30.3 Å². The molecule has 0 saturated carbocycles. The predicted molar refractivity (Wildman–Crippen MR) is 92.9 cm³/mol. The van der Waals surface area contributed by atoms with Gasteiger partial charge in [-0.15, -0.1) is 0 Å². The minimum atomic E-state index is -2.35. The molecular weight excluding hydrogens is 310 g/mol. The molecule has 1 aliphatic heterocycles. The van der Waals surface area contributed by atoms with E-state index in [9.17, 15) is 8.78 Å². The van der Waals surface area contributed by atoms with Gasteiger partial charge in [-0.05, 0) is 23.8 Å². The van der Waals surface area contributed by atoms with Crippen molar-refractivity contribution in [3.63, 3.8) is 0 Å². The summed E-state index contributed by atoms with van der Waals surface area (Å²) < 4.78 is 32.5. The van der Waals surface area contributed by atoms with E-state index in [0.29, 0.717) is 6.61 Å². The number of rotatable bonds is 6. The molecule has 0 spiro atoms. The highest BCUT2D eigenvalue weighted by atomic mass is 19.3. The fourth-order valence-electron chi connectivity index (χ4n) is 3.51. The first-order valence-electron chi connectivity index (χ1n) is 8.58. The smallest absolute Gasteiger partial charge is 0.240 e. The lowest BCUT2D eigenvalue weighted by Gasteiger charge is -2.36. The summed E-state index contributed by atoms with van der Waals surface area (Å²) in [5.74, 6) is 0.723. The van der Waals surface area contributed by atoms with E-state index in [-0.39, 0.29) is 12.5 Å². The van der Waals surface area contributed by atoms with E-state index in [1.165, 1.54) is 0 Å². The molecule has 24 heavy (non-hydrogen) atoms. The Morgan fingerprint density at radius 3 is 2.58 bits per heavy atom. The van der Waals surface area contributed by atoms with Crippen LogP contribution < -0.4 is 10.1 Å². The zero-order valence-corrected chi connectivity index (χ0v) is 14.0. The zero-order valence-electron chi connectivity index (χ0n) is 14.0. The van der Waals surface area contributed by atoms with Crippen molar-refractivity contribution in [3.05, 3.63) is 42.0 Å². The molecule has 0 amide bonds. The topological polar surface area (TPSA) is 24.5 Å². The van der Waals surface area contributed by atoms with Gasteiger partial charge in [-0.25, -0.2) is 8.78 Å². The molecule has 1 N–H and O–H groups in total. The molecule has 1 saturated heterocycles. The Balaban J connectivity index is 2.11. The third-order valence-corrected chi connectivity index (χ3v) is 4.56. The van der Waals surface area contributed by atoms with Gasteiger partial charge in [0.05, 0.1) is 6.61 Å². The summed E-state index contributed by atoms with van der Waals surface area (Å²) in [4.78, 5) is 2.16. The molecule has 0 radical (unpaired) electrons. The van der Waals surface area contributed by atoms with Gasteiger partial charge in [0.1, 0.15) is 5.75 Å². The van der Waals surface area contributed by atoms with Gasteiger partial charge in [0, 0.05) is 44.2 Å². The molecule has 0 aromatic heterocycles. The highest BCUT2D eigenvalue weighted by Crippen LogP contribution is 2.39. The van der Waals surface area contributed by atoms with Crippen molar-refractivity contribution < 1.29 is 13.5 Å². The molecule has 1 atom stereocenters. The van der Waals surface area contributed by atoms with Crippen LogP contribution in [0.25, 0.3) is 10.8 Å². The van der Waals surface area contributed by atoms with Gasteiger partial charge in [0.15, 0.2) is 0 Å². The third kappa shape index (κ3) is 3.68. The second-order valence-corrected chi connectivity index (χ2v) is 6.06. The number of hydrogen-bond acceptors (Lipinski definition) is 3. The van der Waals surface area contributed by atoms with E-state index in [1.54, 1.807) is 0 Å². The van der Waals surface area contributed by atoms with Crippen molar-refractivity contribution in [2.75, 3.05) is 32.8 Å². The molecular formula is C19H24F2N2O. The van der Waals surface area contributed by atoms with E-state index < -0.39 is 6.43 Å². The largest absolute Gasteiger partial charge is 0.494 e. The number of fused-ring (bicyclic) bond motifs is 1. The summed E-state index contributed by atoms with van der Waals surface area (Å²) in [5.41, 5.74) is 0.900. The summed E-state index contributed by atoms with van der Waals surface area (Å²) in [6.07, 6.45) is -2.52. The van der Waals surface area contributed by atoms with Gasteiger partial charge < -0.3 is 10.1 Å². The second kappa shape index (κ2) is 7.90. The van der Waals surface area contributed by atoms with Gasteiger partial charge >= 0.3 is 0 Å². The van der Waals surface area contributed by atoms with E-state index >= 15 is 0 Å². The molecule has 0 unspecified atom stereocenters. The minimum Gasteiger partial charge on any atom is -0.494 e. The maximum Gasteiger partial charge on any atom is 0.240 e. The lowest BCUT2D eigenvalue weighted by atomic mass is 9.94. The van der Waals surface area contributed by atoms with Gasteiger partial charge in [-0.2, -0.15) is 0 Å². The zero-order chi connectivity index (χ0) is 16.9. The minimum absolute atomic E-state index is 0.173. The normalized spacial score (nSPS) is 17.3. The Morgan fingerprint density at radius 1 is 1.12 bits per heavy atom. The van der Waals surface area contributed by atoms with Crippen LogP contribution in [0.1, 0.15) is 24.9 Å². The van der Waals surface area contributed by atoms with Crippen LogP contribution in [0.4, 0.5) is 8.78 Å². The monoisotopic (exact) mass is 334 g/mol. The van der Waals surface area contributed by atoms with E-state index in [1.807, 2.05) is 43.3 Å². The number of benzene rings is 2. The molecule has 3 rings (SSSR count). The molecule has 3 nitrogen and oxygen atoms in total. The van der Waals surface area contributed by atoms with Crippen LogP contribution in [0, 0.1) is 0 Å². The van der Waals surface area contributed by atoms with Crippen molar-refractivity contribution in [2.45, 2.75) is 25.8 Å². The quantitative estimate of drug-likeness (QED) is 0.869. The van der Waals surface area contributed by atoms with Gasteiger partial charge in [-0.3, -0.25) is 4.90 Å². The lowest BCUT2D eigenvalue weighted by molar-refractivity contribution is 0.0733. The first-order valence-corrected chi connectivity index (χ1v) is 8.58. The molecule has 1 heterocycles. The molecule has 0 aliphatic carbocycles. The number of piperazine rings is 1. The maximum absolute atomic E-state index is 13.4. The first-order chi connectivity index (χ1) is 11.7. The van der Waals surface area contributed by atoms with Crippen LogP contribution in [0.2, 0.25) is 0 Å². The summed E-state index contributed by atoms with van der Waals surface area (Å²) in [5, 5.41) is 5.36. The Morgan fingerprint density at radius 2 is 1.88 bits per heavy atom. The third-order valence-electron chi connectivity index (χ3n) is 4.56. The Labute approximate surface area is 141 Å². The van der Waals surface area contributed by atoms with Crippen molar-refractivity contribution >= 4 is 10.8 Å². The fraction of sp³-hybridized carbons (Fsp3) is 0.474. The Hall–Kier alpha value is -1.72. The highest BCUT2D eigenvalue weighted by molar-refractivity contribution is 5.88. The lowest BCUT2D eigenvalue weighted by Crippen LogP contribution is -2.45. The first kappa shape index (κ1) is 17.1. The van der Waals surface area contributed by atoms with Crippen LogP contribution in [0.5, 0.6) is 5.75 Å². The maximum atomic E-state index is 13.4. The average molecular weight is 334 g/mol. The Bertz CT molecular complexity index is 671. The van der Waals surface area contributed by atoms with Crippen molar-refractivity contribution in [1.29, 1.82) is 0 Å². The Kier molecular flexibility index (Phi) is 5.63. The molecule has 1 aliphatic rings. The van der Waals surface area contributed by atoms with Crippen LogP contribution in [-0.4, -0.2) is 44.1 Å². The number of ether oxygens (including phenoxy) is 1. The standard InChI is InChI=1S/C19H24F2N2O/c1-2-24-17-8-7-14-5-3-4-6-15(14)19(17)16(13-18(20)21)23-11-9-22-10-12-23/h3-8,16,18,22H,2,9-13H2,1H3/t16-/m0/s1. The van der Waals surface area contributed by atoms with Crippen LogP contribution >= 0.6 is 0 Å². The molecule has 5 heteroatoms. The van der Waals surface area contributed by atoms with Crippen molar-refractivity contribution in [3.8, 4) is 5.75 Å². The second-order valence-electron chi connectivity index (χ2n) is 6.06. The van der Waals surface area contributed by atoms with E-state index in [4.69, 9.17) is 4.74 Å². The van der Waals surface area contributed by atoms with Crippen molar-refractivity contribution in [1.82, 2.24) is 10.2 Å². The number of hydrogen-bond donors (Lipinski definition) is 1. The number of nitrogens with one attached hydrogen (secondary N) is 1. The predicted octanol–water partition coefficient (Wildman–Crippen LogP) is 3.84. The number of nitrogens with zero attached hydrogens (tertiary/aromatic N) is 1. The molecule has 2 aromatic rings. The molecule has 0 bridgehead atoms. The molecule has 1 fully saturated rings. The van der Waals surface area contributed by atoms with Gasteiger partial charge in [0.25, 0.3) is 0 Å². The van der Waals surface area contributed by atoms with Crippen LogP contribution in [0.3, 0.4) is 0 Å². The van der Waals surface area contributed by atoms with Crippen LogP contribution in [0.15, 0.2) is 36.4 Å². The number of halogens is 2. The summed E-state index contributed by atoms with van der Waals surface area (Å²) in [6, 6.07) is 11.5. The summed E-state index contributed by atoms with van der Waals surface area (Å²) in [7, 11) is 0. The number of alkyl halides is 2. The van der Waals surface area contributed by atoms with E-state index in [2.05, 4.69) is 10.2 Å². The SMILES string of the molecule is CCOc1ccc2ccccc2c1[C@H](CC(F)F)N1CCNCC1.